The van der Waals surface area contributed by atoms with Crippen LogP contribution in [0.5, 0.6) is 0 Å². The van der Waals surface area contributed by atoms with Gasteiger partial charge in [-0.1, -0.05) is 34.2 Å². The zero-order valence-corrected chi connectivity index (χ0v) is 10.4. The van der Waals surface area contributed by atoms with Crippen LogP contribution in [0, 0.1) is 0 Å². The van der Waals surface area contributed by atoms with E-state index in [-0.39, 0.29) is 4.83 Å². The molecule has 0 spiro atoms. The molecule has 1 aliphatic heterocycles. The molecule has 84 valence electrons. The van der Waals surface area contributed by atoms with E-state index in [9.17, 15) is 0 Å². The third kappa shape index (κ3) is 2.30. The van der Waals surface area contributed by atoms with Gasteiger partial charge in [0, 0.05) is 5.57 Å². The van der Waals surface area contributed by atoms with Crippen molar-refractivity contribution in [2.24, 2.45) is 0 Å². The van der Waals surface area contributed by atoms with Crippen LogP contribution < -0.4 is 0 Å². The number of allylic oxidation sites excluding steroid dienone is 5. The summed E-state index contributed by atoms with van der Waals surface area (Å²) in [4.78, 5) is 0.148. The Labute approximate surface area is 104 Å². The molecule has 2 nitrogen and oxygen atoms in total. The van der Waals surface area contributed by atoms with Crippen LogP contribution in [0.2, 0.25) is 0 Å². The second kappa shape index (κ2) is 5.21. The molecule has 1 atom stereocenters. The maximum atomic E-state index is 5.45. The number of ether oxygens (including phenoxy) is 2. The second-order valence-electron chi connectivity index (χ2n) is 3.52. The van der Waals surface area contributed by atoms with E-state index in [1.807, 2.05) is 6.08 Å². The molecule has 0 amide bonds. The predicted octanol–water partition coefficient (Wildman–Crippen LogP) is 3.94. The van der Waals surface area contributed by atoms with E-state index in [0.717, 1.165) is 18.6 Å². The first kappa shape index (κ1) is 11.3. The van der Waals surface area contributed by atoms with Gasteiger partial charge < -0.3 is 9.47 Å². The summed E-state index contributed by atoms with van der Waals surface area (Å²) >= 11 is 3.58. The molecule has 3 heteroatoms. The average molecular weight is 281 g/mol. The summed E-state index contributed by atoms with van der Waals surface area (Å²) in [5.74, 6) is 0.785. The summed E-state index contributed by atoms with van der Waals surface area (Å²) in [6, 6.07) is 0. The highest BCUT2D eigenvalue weighted by Crippen LogP contribution is 2.32. The Kier molecular flexibility index (Phi) is 3.67. The fourth-order valence-corrected chi connectivity index (χ4v) is 2.17. The number of halogens is 1. The molecule has 16 heavy (non-hydrogen) atoms. The standard InChI is InChI=1S/C13H13BrO2/c1-2-12(14)10-5-3-4-6-11(10)13-9-15-7-8-16-13/h2-3,5,7-9,12H,1,4,6H2. The van der Waals surface area contributed by atoms with Gasteiger partial charge >= 0.3 is 0 Å². The molecule has 0 aromatic heterocycles. The number of rotatable bonds is 3. The van der Waals surface area contributed by atoms with Gasteiger partial charge in [-0.2, -0.15) is 0 Å². The molecule has 2 rings (SSSR count). The van der Waals surface area contributed by atoms with Crippen LogP contribution in [0.25, 0.3) is 0 Å². The molecule has 0 saturated heterocycles. The fourth-order valence-electron chi connectivity index (χ4n) is 1.74. The van der Waals surface area contributed by atoms with Gasteiger partial charge in [-0.3, -0.25) is 0 Å². The fraction of sp³-hybridized carbons (Fsp3) is 0.231. The van der Waals surface area contributed by atoms with Crippen molar-refractivity contribution in [3.63, 3.8) is 0 Å². The van der Waals surface area contributed by atoms with Crippen molar-refractivity contribution in [3.8, 4) is 0 Å². The van der Waals surface area contributed by atoms with Crippen LogP contribution in [-0.2, 0) is 9.47 Å². The minimum atomic E-state index is 0.148. The number of alkyl halides is 1. The van der Waals surface area contributed by atoms with E-state index in [0.29, 0.717) is 0 Å². The van der Waals surface area contributed by atoms with Crippen LogP contribution in [0.15, 0.2) is 60.5 Å². The largest absolute Gasteiger partial charge is 0.466 e. The topological polar surface area (TPSA) is 18.5 Å². The third-order valence-corrected chi connectivity index (χ3v) is 3.38. The Morgan fingerprint density at radius 3 is 3.00 bits per heavy atom. The molecule has 1 heterocycles. The quantitative estimate of drug-likeness (QED) is 0.576. The Morgan fingerprint density at radius 2 is 2.31 bits per heavy atom. The van der Waals surface area contributed by atoms with Crippen molar-refractivity contribution < 1.29 is 9.47 Å². The van der Waals surface area contributed by atoms with Crippen molar-refractivity contribution in [2.75, 3.05) is 0 Å². The third-order valence-electron chi connectivity index (χ3n) is 2.51. The zero-order chi connectivity index (χ0) is 11.4. The summed E-state index contributed by atoms with van der Waals surface area (Å²) < 4.78 is 10.6. The highest BCUT2D eigenvalue weighted by atomic mass is 79.9. The Balaban J connectivity index is 2.33. The van der Waals surface area contributed by atoms with E-state index in [2.05, 4.69) is 34.7 Å². The first-order valence-electron chi connectivity index (χ1n) is 5.17. The van der Waals surface area contributed by atoms with Gasteiger partial charge in [-0.15, -0.1) is 6.58 Å². The first-order valence-corrected chi connectivity index (χ1v) is 6.08. The summed E-state index contributed by atoms with van der Waals surface area (Å²) in [7, 11) is 0. The predicted molar refractivity (Wildman–Crippen MR) is 67.7 cm³/mol. The van der Waals surface area contributed by atoms with Gasteiger partial charge in [0.15, 0.2) is 5.76 Å². The molecule has 1 aliphatic carbocycles. The van der Waals surface area contributed by atoms with Gasteiger partial charge in [0.05, 0.1) is 4.83 Å². The lowest BCUT2D eigenvalue weighted by atomic mass is 9.94. The minimum absolute atomic E-state index is 0.148. The molecule has 2 aliphatic rings. The van der Waals surface area contributed by atoms with Crippen LogP contribution in [0.4, 0.5) is 0 Å². The van der Waals surface area contributed by atoms with E-state index in [1.165, 1.54) is 17.4 Å². The average Bonchev–Trinajstić information content (AvgIpc) is 2.39. The van der Waals surface area contributed by atoms with Gasteiger partial charge in [0.1, 0.15) is 18.8 Å². The molecule has 0 saturated carbocycles. The van der Waals surface area contributed by atoms with E-state index < -0.39 is 0 Å². The SMILES string of the molecule is C=CC(Br)C1=C(C2=COC=CO2)CCC=C1. The summed E-state index contributed by atoms with van der Waals surface area (Å²) in [6.07, 6.45) is 12.8. The van der Waals surface area contributed by atoms with Gasteiger partial charge in [0.25, 0.3) is 0 Å². The zero-order valence-electron chi connectivity index (χ0n) is 8.86. The summed E-state index contributed by atoms with van der Waals surface area (Å²) in [6.45, 7) is 3.79. The molecular formula is C13H13BrO2. The van der Waals surface area contributed by atoms with Gasteiger partial charge in [0.2, 0.25) is 0 Å². The number of hydrogen-bond donors (Lipinski definition) is 0. The molecule has 0 N–H and O–H groups in total. The molecule has 0 aromatic rings. The lowest BCUT2D eigenvalue weighted by molar-refractivity contribution is 0.262. The molecule has 0 bridgehead atoms. The number of hydrogen-bond acceptors (Lipinski definition) is 2. The van der Waals surface area contributed by atoms with Crippen LogP contribution in [-0.4, -0.2) is 4.83 Å². The monoisotopic (exact) mass is 280 g/mol. The van der Waals surface area contributed by atoms with Crippen molar-refractivity contribution in [2.45, 2.75) is 17.7 Å². The van der Waals surface area contributed by atoms with E-state index >= 15 is 0 Å². The highest BCUT2D eigenvalue weighted by molar-refractivity contribution is 9.09. The molecule has 1 unspecified atom stereocenters. The van der Waals surface area contributed by atoms with Gasteiger partial charge in [-0.25, -0.2) is 0 Å². The lowest BCUT2D eigenvalue weighted by Crippen LogP contribution is -2.08. The normalized spacial score (nSPS) is 20.9. The van der Waals surface area contributed by atoms with Crippen molar-refractivity contribution in [3.05, 3.63) is 60.5 Å². The Morgan fingerprint density at radius 1 is 1.44 bits per heavy atom. The lowest BCUT2D eigenvalue weighted by Gasteiger charge is -2.20. The molecule has 0 fully saturated rings. The minimum Gasteiger partial charge on any atom is -0.466 e. The van der Waals surface area contributed by atoms with Crippen molar-refractivity contribution >= 4 is 15.9 Å². The van der Waals surface area contributed by atoms with Crippen molar-refractivity contribution in [1.82, 2.24) is 0 Å². The first-order chi connectivity index (χ1) is 7.83. The Bertz CT molecular complexity index is 402. The molecule has 0 aromatic carbocycles. The van der Waals surface area contributed by atoms with Crippen LogP contribution >= 0.6 is 15.9 Å². The van der Waals surface area contributed by atoms with Crippen LogP contribution in [0.3, 0.4) is 0 Å². The summed E-state index contributed by atoms with van der Waals surface area (Å²) in [5.41, 5.74) is 2.36. The Hall–Kier alpha value is -1.22. The van der Waals surface area contributed by atoms with E-state index in [1.54, 1.807) is 12.5 Å². The van der Waals surface area contributed by atoms with Crippen LogP contribution in [0.1, 0.15) is 12.8 Å². The van der Waals surface area contributed by atoms with Gasteiger partial charge in [-0.05, 0) is 18.4 Å². The molecular weight excluding hydrogens is 268 g/mol. The van der Waals surface area contributed by atoms with Crippen molar-refractivity contribution in [1.29, 1.82) is 0 Å². The molecule has 0 radical (unpaired) electrons. The summed E-state index contributed by atoms with van der Waals surface area (Å²) in [5, 5.41) is 0. The second-order valence-corrected chi connectivity index (χ2v) is 4.51. The maximum absolute atomic E-state index is 5.45. The van der Waals surface area contributed by atoms with E-state index in [4.69, 9.17) is 9.47 Å². The smallest absolute Gasteiger partial charge is 0.165 e. The maximum Gasteiger partial charge on any atom is 0.165 e. The highest BCUT2D eigenvalue weighted by Gasteiger charge is 2.19.